The van der Waals surface area contributed by atoms with Gasteiger partial charge in [0, 0.05) is 24.2 Å². The Morgan fingerprint density at radius 3 is 2.64 bits per heavy atom. The van der Waals surface area contributed by atoms with Crippen molar-refractivity contribution in [2.75, 3.05) is 19.0 Å². The van der Waals surface area contributed by atoms with E-state index in [-0.39, 0.29) is 37.4 Å². The molecule has 1 heterocycles. The van der Waals surface area contributed by atoms with Crippen LogP contribution >= 0.6 is 0 Å². The van der Waals surface area contributed by atoms with Gasteiger partial charge in [-0.15, -0.1) is 0 Å². The Hall–Kier alpha value is -2.35. The smallest absolute Gasteiger partial charge is 0.391 e. The van der Waals surface area contributed by atoms with Crippen LogP contribution in [0.1, 0.15) is 37.7 Å². The van der Waals surface area contributed by atoms with Crippen molar-refractivity contribution in [1.29, 1.82) is 0 Å². The van der Waals surface area contributed by atoms with E-state index in [1.807, 2.05) is 6.08 Å². The molecule has 1 amide bonds. The average molecular weight is 398 g/mol. The minimum absolute atomic E-state index is 0.0684. The van der Waals surface area contributed by atoms with Crippen molar-refractivity contribution in [3.05, 3.63) is 36.1 Å². The lowest BCUT2D eigenvalue weighted by Crippen LogP contribution is -2.27. The molecule has 28 heavy (non-hydrogen) atoms. The number of carbonyl (C=O) groups is 1. The molecule has 1 aliphatic rings. The van der Waals surface area contributed by atoms with Gasteiger partial charge in [-0.1, -0.05) is 18.7 Å². The van der Waals surface area contributed by atoms with Crippen LogP contribution in [0.25, 0.3) is 6.08 Å². The predicted molar refractivity (Wildman–Crippen MR) is 101 cm³/mol. The van der Waals surface area contributed by atoms with E-state index in [1.54, 1.807) is 12.1 Å². The summed E-state index contributed by atoms with van der Waals surface area (Å²) in [4.78, 5) is 16.1. The third-order valence-electron chi connectivity index (χ3n) is 4.88. The van der Waals surface area contributed by atoms with Gasteiger partial charge >= 0.3 is 6.18 Å². The summed E-state index contributed by atoms with van der Waals surface area (Å²) < 4.78 is 43.6. The Morgan fingerprint density at radius 2 is 2.07 bits per heavy atom. The number of aromatic nitrogens is 1. The third kappa shape index (κ3) is 6.09. The SMILES string of the molecule is C=C(CCO)C(=O)Nc1cc(/C=C/[C@H]2CC[C@H](C(F)(F)F)CC2)c(OC)cn1. The second-order valence-corrected chi connectivity index (χ2v) is 6.86. The molecular weight excluding hydrogens is 373 g/mol. The van der Waals surface area contributed by atoms with Gasteiger partial charge in [0.05, 0.1) is 19.2 Å². The summed E-state index contributed by atoms with van der Waals surface area (Å²) in [7, 11) is 1.49. The van der Waals surface area contributed by atoms with E-state index in [1.165, 1.54) is 13.3 Å². The van der Waals surface area contributed by atoms with E-state index in [9.17, 15) is 18.0 Å². The summed E-state index contributed by atoms with van der Waals surface area (Å²) in [6.07, 6.45) is 2.44. The molecule has 1 aromatic heterocycles. The predicted octanol–water partition coefficient (Wildman–Crippen LogP) is 4.35. The first-order chi connectivity index (χ1) is 13.2. The first-order valence-corrected chi connectivity index (χ1v) is 9.13. The van der Waals surface area contributed by atoms with Crippen LogP contribution in [0.2, 0.25) is 0 Å². The highest BCUT2D eigenvalue weighted by Gasteiger charge is 2.40. The Balaban J connectivity index is 2.05. The van der Waals surface area contributed by atoms with Gasteiger partial charge in [0.2, 0.25) is 0 Å². The minimum Gasteiger partial charge on any atom is -0.495 e. The Labute approximate surface area is 162 Å². The number of aliphatic hydroxyl groups excluding tert-OH is 1. The van der Waals surface area contributed by atoms with E-state index in [0.29, 0.717) is 30.0 Å². The quantitative estimate of drug-likeness (QED) is 0.670. The molecule has 1 aromatic rings. The average Bonchev–Trinajstić information content (AvgIpc) is 2.66. The summed E-state index contributed by atoms with van der Waals surface area (Å²) in [5, 5.41) is 11.5. The zero-order valence-electron chi connectivity index (χ0n) is 15.8. The van der Waals surface area contributed by atoms with Gasteiger partial charge in [0.1, 0.15) is 11.6 Å². The van der Waals surface area contributed by atoms with Crippen LogP contribution in [0.5, 0.6) is 5.75 Å². The lowest BCUT2D eigenvalue weighted by molar-refractivity contribution is -0.183. The van der Waals surface area contributed by atoms with Gasteiger partial charge in [-0.2, -0.15) is 13.2 Å². The molecule has 5 nitrogen and oxygen atoms in total. The van der Waals surface area contributed by atoms with Crippen molar-refractivity contribution in [1.82, 2.24) is 4.98 Å². The van der Waals surface area contributed by atoms with Crippen LogP contribution in [0.3, 0.4) is 0 Å². The maximum atomic E-state index is 12.8. The zero-order chi connectivity index (χ0) is 20.7. The molecule has 154 valence electrons. The molecule has 8 heteroatoms. The van der Waals surface area contributed by atoms with Crippen molar-refractivity contribution in [2.24, 2.45) is 11.8 Å². The molecule has 1 aliphatic carbocycles. The van der Waals surface area contributed by atoms with E-state index in [0.717, 1.165) is 0 Å². The molecular formula is C20H25F3N2O3. The number of amides is 1. The van der Waals surface area contributed by atoms with Crippen LogP contribution < -0.4 is 10.1 Å². The lowest BCUT2D eigenvalue weighted by atomic mass is 9.81. The van der Waals surface area contributed by atoms with Crippen LogP contribution in [0.4, 0.5) is 19.0 Å². The molecule has 0 radical (unpaired) electrons. The van der Waals surface area contributed by atoms with Gasteiger partial charge in [0.25, 0.3) is 5.91 Å². The first kappa shape index (κ1) is 21.9. The first-order valence-electron chi connectivity index (χ1n) is 9.13. The molecule has 0 atom stereocenters. The molecule has 0 saturated heterocycles. The molecule has 2 rings (SSSR count). The number of allylic oxidation sites excluding steroid dienone is 1. The summed E-state index contributed by atoms with van der Waals surface area (Å²) in [6, 6.07) is 1.63. The van der Waals surface area contributed by atoms with Gasteiger partial charge in [-0.05, 0) is 37.7 Å². The van der Waals surface area contributed by atoms with Crippen molar-refractivity contribution in [3.63, 3.8) is 0 Å². The van der Waals surface area contributed by atoms with E-state index in [4.69, 9.17) is 9.84 Å². The van der Waals surface area contributed by atoms with Gasteiger partial charge in [-0.3, -0.25) is 4.79 Å². The number of rotatable bonds is 7. The van der Waals surface area contributed by atoms with E-state index < -0.39 is 18.0 Å². The number of halogens is 3. The van der Waals surface area contributed by atoms with Crippen LogP contribution in [-0.2, 0) is 4.79 Å². The van der Waals surface area contributed by atoms with Crippen LogP contribution in [-0.4, -0.2) is 35.9 Å². The maximum absolute atomic E-state index is 12.8. The number of carbonyl (C=O) groups excluding carboxylic acids is 1. The highest BCUT2D eigenvalue weighted by molar-refractivity contribution is 6.02. The van der Waals surface area contributed by atoms with Gasteiger partial charge < -0.3 is 15.2 Å². The number of ether oxygens (including phenoxy) is 1. The lowest BCUT2D eigenvalue weighted by Gasteiger charge is -2.28. The number of anilines is 1. The third-order valence-corrected chi connectivity index (χ3v) is 4.88. The van der Waals surface area contributed by atoms with Crippen molar-refractivity contribution in [3.8, 4) is 5.75 Å². The fraction of sp³-hybridized carbons (Fsp3) is 0.500. The number of alkyl halides is 3. The highest BCUT2D eigenvalue weighted by Crippen LogP contribution is 2.40. The fourth-order valence-electron chi connectivity index (χ4n) is 3.16. The molecule has 0 aliphatic heterocycles. The number of hydrogen-bond acceptors (Lipinski definition) is 4. The molecule has 0 aromatic carbocycles. The molecule has 2 N–H and O–H groups in total. The molecule has 0 unspecified atom stereocenters. The van der Waals surface area contributed by atoms with Crippen LogP contribution in [0.15, 0.2) is 30.5 Å². The largest absolute Gasteiger partial charge is 0.495 e. The van der Waals surface area contributed by atoms with Gasteiger partial charge in [-0.25, -0.2) is 4.98 Å². The number of pyridine rings is 1. The maximum Gasteiger partial charge on any atom is 0.391 e. The van der Waals surface area contributed by atoms with Crippen molar-refractivity contribution >= 4 is 17.8 Å². The second-order valence-electron chi connectivity index (χ2n) is 6.86. The number of methoxy groups -OCH3 is 1. The van der Waals surface area contributed by atoms with Crippen molar-refractivity contribution < 1.29 is 27.8 Å². The molecule has 1 saturated carbocycles. The van der Waals surface area contributed by atoms with Crippen molar-refractivity contribution in [2.45, 2.75) is 38.3 Å². The van der Waals surface area contributed by atoms with Crippen LogP contribution in [0, 0.1) is 11.8 Å². The highest BCUT2D eigenvalue weighted by atomic mass is 19.4. The minimum atomic E-state index is -4.11. The standard InChI is InChI=1S/C20H25F3N2O3/c1-13(9-10-26)19(27)25-18-11-15(17(28-2)12-24-18)6-3-14-4-7-16(8-5-14)20(21,22)23/h3,6,11-12,14,16,26H,1,4-5,7-10H2,2H3,(H,24,25,27)/b6-3+/t14-,16-. The number of nitrogens with zero attached hydrogens (tertiary/aromatic N) is 1. The van der Waals surface area contributed by atoms with E-state index >= 15 is 0 Å². The summed E-state index contributed by atoms with van der Waals surface area (Å²) in [6.45, 7) is 3.43. The second kappa shape index (κ2) is 9.73. The summed E-state index contributed by atoms with van der Waals surface area (Å²) in [5.41, 5.74) is 0.900. The van der Waals surface area contributed by atoms with E-state index in [2.05, 4.69) is 16.9 Å². The topological polar surface area (TPSA) is 71.5 Å². The number of hydrogen-bond donors (Lipinski definition) is 2. The Kier molecular flexibility index (Phi) is 7.62. The molecule has 0 bridgehead atoms. The summed E-state index contributed by atoms with van der Waals surface area (Å²) >= 11 is 0. The molecule has 0 spiro atoms. The normalized spacial score (nSPS) is 20.2. The number of aliphatic hydroxyl groups is 1. The molecule has 1 fully saturated rings. The zero-order valence-corrected chi connectivity index (χ0v) is 15.8. The Bertz CT molecular complexity index is 724. The summed E-state index contributed by atoms with van der Waals surface area (Å²) in [5.74, 6) is -0.787. The number of nitrogens with one attached hydrogen (secondary N) is 1. The monoisotopic (exact) mass is 398 g/mol. The fourth-order valence-corrected chi connectivity index (χ4v) is 3.16. The van der Waals surface area contributed by atoms with Gasteiger partial charge in [0.15, 0.2) is 0 Å². The Morgan fingerprint density at radius 1 is 1.39 bits per heavy atom.